The largest absolute Gasteiger partial charge is 0.493 e. The van der Waals surface area contributed by atoms with Crippen molar-refractivity contribution in [2.75, 3.05) is 13.7 Å². The van der Waals surface area contributed by atoms with Gasteiger partial charge in [0.2, 0.25) is 0 Å². The van der Waals surface area contributed by atoms with Gasteiger partial charge < -0.3 is 9.47 Å². The lowest BCUT2D eigenvalue weighted by atomic mass is 10.2. The second-order valence-corrected chi connectivity index (χ2v) is 5.64. The zero-order valence-corrected chi connectivity index (χ0v) is 14.7. The highest BCUT2D eigenvalue weighted by Crippen LogP contribution is 2.29. The van der Waals surface area contributed by atoms with E-state index < -0.39 is 10.8 Å². The molecule has 0 saturated carbocycles. The summed E-state index contributed by atoms with van der Waals surface area (Å²) < 4.78 is 11.4. The Hall–Kier alpha value is -2.94. The van der Waals surface area contributed by atoms with Gasteiger partial charge in [-0.05, 0) is 18.2 Å². The van der Waals surface area contributed by atoms with Crippen LogP contribution in [-0.2, 0) is 4.79 Å². The molecule has 0 saturated heterocycles. The summed E-state index contributed by atoms with van der Waals surface area (Å²) in [5, 5.41) is 14.4. The zero-order chi connectivity index (χ0) is 18.2. The fraction of sp³-hybridized carbons (Fsp3) is 0.125. The van der Waals surface area contributed by atoms with Crippen molar-refractivity contribution in [3.8, 4) is 11.5 Å². The van der Waals surface area contributed by atoms with Gasteiger partial charge in [-0.3, -0.25) is 14.9 Å². The van der Waals surface area contributed by atoms with Crippen LogP contribution in [0.5, 0.6) is 11.5 Å². The predicted octanol–water partition coefficient (Wildman–Crippen LogP) is 2.90. The first-order valence-electron chi connectivity index (χ1n) is 7.02. The number of carbonyl (C=O) groups excluding carboxylic acids is 1. The Kier molecular flexibility index (Phi) is 6.47. The molecule has 9 heteroatoms. The highest BCUT2D eigenvalue weighted by atomic mass is 79.9. The molecule has 2 aromatic carbocycles. The Bertz CT molecular complexity index is 810. The maximum absolute atomic E-state index is 11.7. The molecule has 2 rings (SSSR count). The van der Waals surface area contributed by atoms with Crippen LogP contribution in [0, 0.1) is 10.1 Å². The first-order valence-corrected chi connectivity index (χ1v) is 7.81. The number of hydrogen-bond donors (Lipinski definition) is 1. The number of rotatable bonds is 7. The quantitative estimate of drug-likeness (QED) is 0.431. The third-order valence-corrected chi connectivity index (χ3v) is 3.46. The summed E-state index contributed by atoms with van der Waals surface area (Å²) in [5.41, 5.74) is 2.72. The number of benzene rings is 2. The molecule has 0 atom stereocenters. The number of nitro benzene ring substituents is 1. The highest BCUT2D eigenvalue weighted by molar-refractivity contribution is 9.10. The van der Waals surface area contributed by atoms with Crippen molar-refractivity contribution in [2.45, 2.75) is 0 Å². The number of nitro groups is 1. The third-order valence-electron chi connectivity index (χ3n) is 2.97. The molecule has 25 heavy (non-hydrogen) atoms. The smallest absolute Gasteiger partial charge is 0.277 e. The van der Waals surface area contributed by atoms with E-state index in [1.165, 1.54) is 31.5 Å². The normalized spacial score (nSPS) is 10.5. The van der Waals surface area contributed by atoms with Gasteiger partial charge in [-0.2, -0.15) is 5.10 Å². The Balaban J connectivity index is 1.89. The molecule has 1 amide bonds. The number of carbonyl (C=O) groups is 1. The highest BCUT2D eigenvalue weighted by Gasteiger charge is 2.08. The van der Waals surface area contributed by atoms with Crippen molar-refractivity contribution in [1.29, 1.82) is 0 Å². The van der Waals surface area contributed by atoms with Gasteiger partial charge >= 0.3 is 0 Å². The minimum atomic E-state index is -0.505. The summed E-state index contributed by atoms with van der Waals surface area (Å²) in [5.74, 6) is 0.428. The van der Waals surface area contributed by atoms with Gasteiger partial charge in [0.15, 0.2) is 18.1 Å². The first kappa shape index (κ1) is 18.4. The van der Waals surface area contributed by atoms with Crippen LogP contribution in [-0.4, -0.2) is 30.8 Å². The van der Waals surface area contributed by atoms with Crippen LogP contribution in [0.2, 0.25) is 0 Å². The molecule has 0 aliphatic carbocycles. The maximum Gasteiger partial charge on any atom is 0.277 e. The van der Waals surface area contributed by atoms with Gasteiger partial charge in [-0.25, -0.2) is 5.43 Å². The lowest BCUT2D eigenvalue weighted by Gasteiger charge is -2.10. The molecule has 0 unspecified atom stereocenters. The molecule has 1 N–H and O–H groups in total. The molecule has 0 aromatic heterocycles. The van der Waals surface area contributed by atoms with Crippen molar-refractivity contribution < 1.29 is 19.2 Å². The SMILES string of the molecule is COc1cc(Br)ccc1OCC(=O)N/N=C/c1cccc([N+](=O)[O-])c1. The van der Waals surface area contributed by atoms with Crippen molar-refractivity contribution in [2.24, 2.45) is 5.10 Å². The fourth-order valence-corrected chi connectivity index (χ4v) is 2.17. The number of halogens is 1. The van der Waals surface area contributed by atoms with E-state index in [2.05, 4.69) is 26.5 Å². The van der Waals surface area contributed by atoms with E-state index in [1.807, 2.05) is 0 Å². The Morgan fingerprint density at radius 2 is 2.12 bits per heavy atom. The monoisotopic (exact) mass is 407 g/mol. The summed E-state index contributed by atoms with van der Waals surface area (Å²) in [6.45, 7) is -0.260. The molecule has 0 radical (unpaired) electrons. The van der Waals surface area contributed by atoms with Crippen LogP contribution in [0.1, 0.15) is 5.56 Å². The van der Waals surface area contributed by atoms with E-state index in [4.69, 9.17) is 9.47 Å². The molecule has 0 fully saturated rings. The van der Waals surface area contributed by atoms with E-state index in [0.29, 0.717) is 17.1 Å². The molecule has 0 heterocycles. The summed E-state index contributed by atoms with van der Waals surface area (Å²) in [4.78, 5) is 21.9. The Morgan fingerprint density at radius 1 is 1.32 bits per heavy atom. The second kappa shape index (κ2) is 8.78. The van der Waals surface area contributed by atoms with Crippen molar-refractivity contribution >= 4 is 33.7 Å². The summed E-state index contributed by atoms with van der Waals surface area (Å²) >= 11 is 3.31. The van der Waals surface area contributed by atoms with Gasteiger partial charge in [0.1, 0.15) is 0 Å². The molecule has 0 spiro atoms. The average molecular weight is 408 g/mol. The van der Waals surface area contributed by atoms with Crippen LogP contribution in [0.15, 0.2) is 52.0 Å². The second-order valence-electron chi connectivity index (χ2n) is 4.73. The number of methoxy groups -OCH3 is 1. The number of hydrogen-bond acceptors (Lipinski definition) is 6. The number of nitrogens with zero attached hydrogens (tertiary/aromatic N) is 2. The van der Waals surface area contributed by atoms with E-state index in [0.717, 1.165) is 4.47 Å². The van der Waals surface area contributed by atoms with Crippen molar-refractivity contribution in [1.82, 2.24) is 5.43 Å². The van der Waals surface area contributed by atoms with Gasteiger partial charge in [0.05, 0.1) is 18.2 Å². The minimum absolute atomic E-state index is 0.0547. The standard InChI is InChI=1S/C16H14BrN3O5/c1-24-15-8-12(17)5-6-14(15)25-10-16(21)19-18-9-11-3-2-4-13(7-11)20(22)23/h2-9H,10H2,1H3,(H,19,21)/b18-9+. The molecule has 0 aliphatic rings. The Labute approximate surface area is 151 Å². The van der Waals surface area contributed by atoms with Gasteiger partial charge in [0.25, 0.3) is 11.6 Å². The number of ether oxygens (including phenoxy) is 2. The summed E-state index contributed by atoms with van der Waals surface area (Å²) in [6, 6.07) is 11.0. The van der Waals surface area contributed by atoms with Gasteiger partial charge in [-0.15, -0.1) is 0 Å². The van der Waals surface area contributed by atoms with E-state index >= 15 is 0 Å². The van der Waals surface area contributed by atoms with Crippen LogP contribution < -0.4 is 14.9 Å². The number of amides is 1. The number of hydrazone groups is 1. The summed E-state index contributed by atoms with van der Waals surface area (Å²) in [7, 11) is 1.50. The lowest BCUT2D eigenvalue weighted by molar-refractivity contribution is -0.384. The maximum atomic E-state index is 11.7. The fourth-order valence-electron chi connectivity index (χ4n) is 1.83. The van der Waals surface area contributed by atoms with E-state index in [9.17, 15) is 14.9 Å². The lowest BCUT2D eigenvalue weighted by Crippen LogP contribution is -2.24. The minimum Gasteiger partial charge on any atom is -0.493 e. The van der Waals surface area contributed by atoms with Crippen molar-refractivity contribution in [3.05, 3.63) is 62.6 Å². The van der Waals surface area contributed by atoms with Gasteiger partial charge in [0, 0.05) is 22.2 Å². The molecule has 0 aliphatic heterocycles. The van der Waals surface area contributed by atoms with Crippen LogP contribution in [0.4, 0.5) is 5.69 Å². The number of non-ortho nitro benzene ring substituents is 1. The molecule has 8 nitrogen and oxygen atoms in total. The topological polar surface area (TPSA) is 103 Å². The third kappa shape index (κ3) is 5.57. The van der Waals surface area contributed by atoms with Crippen LogP contribution >= 0.6 is 15.9 Å². The molecule has 2 aromatic rings. The molecule has 130 valence electrons. The molecule has 0 bridgehead atoms. The molecular weight excluding hydrogens is 394 g/mol. The van der Waals surface area contributed by atoms with E-state index in [1.54, 1.807) is 24.3 Å². The molecular formula is C16H14BrN3O5. The average Bonchev–Trinajstić information content (AvgIpc) is 2.60. The van der Waals surface area contributed by atoms with Crippen LogP contribution in [0.25, 0.3) is 0 Å². The van der Waals surface area contributed by atoms with Crippen LogP contribution in [0.3, 0.4) is 0 Å². The Morgan fingerprint density at radius 3 is 2.84 bits per heavy atom. The number of nitrogens with one attached hydrogen (secondary N) is 1. The van der Waals surface area contributed by atoms with E-state index in [-0.39, 0.29) is 12.3 Å². The predicted molar refractivity (Wildman–Crippen MR) is 95.0 cm³/mol. The van der Waals surface area contributed by atoms with Gasteiger partial charge in [-0.1, -0.05) is 28.1 Å². The first-order chi connectivity index (χ1) is 12.0. The summed E-state index contributed by atoms with van der Waals surface area (Å²) in [6.07, 6.45) is 1.31. The zero-order valence-electron chi connectivity index (χ0n) is 13.1. The van der Waals surface area contributed by atoms with Crippen molar-refractivity contribution in [3.63, 3.8) is 0 Å².